The highest BCUT2D eigenvalue weighted by molar-refractivity contribution is 5.77. The Morgan fingerprint density at radius 1 is 1.12 bits per heavy atom. The number of imidazole rings is 1. The molecule has 2 aliphatic rings. The molecule has 2 aromatic carbocycles. The fourth-order valence-corrected chi connectivity index (χ4v) is 5.17. The van der Waals surface area contributed by atoms with Gasteiger partial charge in [0.25, 0.3) is 0 Å². The first kappa shape index (κ1) is 20.9. The van der Waals surface area contributed by atoms with Crippen LogP contribution in [0.2, 0.25) is 0 Å². The van der Waals surface area contributed by atoms with Gasteiger partial charge in [-0.15, -0.1) is 0 Å². The molecule has 32 heavy (non-hydrogen) atoms. The summed E-state index contributed by atoms with van der Waals surface area (Å²) in [6.07, 6.45) is 9.45. The molecule has 2 heterocycles. The lowest BCUT2D eigenvalue weighted by Gasteiger charge is -2.39. The summed E-state index contributed by atoms with van der Waals surface area (Å²) in [6, 6.07) is 12.8. The minimum Gasteiger partial charge on any atom is -0.497 e. The normalized spacial score (nSPS) is 23.4. The molecule has 165 valence electrons. The van der Waals surface area contributed by atoms with Crippen molar-refractivity contribution in [3.63, 3.8) is 0 Å². The fraction of sp³-hybridized carbons (Fsp3) is 0.393. The van der Waals surface area contributed by atoms with E-state index in [-0.39, 0.29) is 11.5 Å². The summed E-state index contributed by atoms with van der Waals surface area (Å²) in [5, 5.41) is 0. The second-order valence-corrected chi connectivity index (χ2v) is 9.51. The molecule has 1 aliphatic heterocycles. The van der Waals surface area contributed by atoms with Crippen LogP contribution in [0.25, 0.3) is 11.0 Å². The van der Waals surface area contributed by atoms with Gasteiger partial charge in [-0.3, -0.25) is 0 Å². The third-order valence-electron chi connectivity index (χ3n) is 7.38. The highest BCUT2D eigenvalue weighted by Gasteiger charge is 2.42. The average molecular weight is 427 g/mol. The number of aromatic nitrogens is 2. The van der Waals surface area contributed by atoms with E-state index in [1.807, 2.05) is 12.1 Å². The molecule has 1 unspecified atom stereocenters. The van der Waals surface area contributed by atoms with Crippen molar-refractivity contribution in [3.05, 3.63) is 82.3 Å². The SMILES string of the molecule is COc1ccc(C2[C]=C(N3CCC[C@@]3(C)c3nc4cc(C)c(C)cc4[nH]3)C(C)=CC2)cc1. The van der Waals surface area contributed by atoms with Crippen molar-refractivity contribution in [1.82, 2.24) is 14.9 Å². The molecule has 5 rings (SSSR count). The van der Waals surface area contributed by atoms with Gasteiger partial charge in [0.05, 0.1) is 23.7 Å². The van der Waals surface area contributed by atoms with E-state index in [4.69, 9.17) is 9.72 Å². The number of fused-ring (bicyclic) bond motifs is 1. The predicted octanol–water partition coefficient (Wildman–Crippen LogP) is 6.32. The summed E-state index contributed by atoms with van der Waals surface area (Å²) in [4.78, 5) is 11.3. The van der Waals surface area contributed by atoms with Gasteiger partial charge in [-0.2, -0.15) is 0 Å². The first-order valence-corrected chi connectivity index (χ1v) is 11.6. The minimum absolute atomic E-state index is 0.167. The summed E-state index contributed by atoms with van der Waals surface area (Å²) in [6.45, 7) is 9.89. The molecule has 1 radical (unpaired) electrons. The number of H-pyrrole nitrogens is 1. The molecule has 0 spiro atoms. The number of likely N-dealkylation sites (tertiary alicyclic amines) is 1. The van der Waals surface area contributed by atoms with E-state index in [9.17, 15) is 0 Å². The zero-order valence-electron chi connectivity index (χ0n) is 19.7. The maximum atomic E-state index is 5.34. The number of hydrogen-bond acceptors (Lipinski definition) is 3. The van der Waals surface area contributed by atoms with Crippen molar-refractivity contribution in [2.75, 3.05) is 13.7 Å². The zero-order valence-corrected chi connectivity index (χ0v) is 19.7. The molecule has 2 atom stereocenters. The van der Waals surface area contributed by atoms with Gasteiger partial charge < -0.3 is 14.6 Å². The third-order valence-corrected chi connectivity index (χ3v) is 7.38. The lowest BCUT2D eigenvalue weighted by atomic mass is 9.87. The van der Waals surface area contributed by atoms with Gasteiger partial charge in [0.1, 0.15) is 11.6 Å². The van der Waals surface area contributed by atoms with E-state index < -0.39 is 0 Å². The first-order chi connectivity index (χ1) is 15.4. The summed E-state index contributed by atoms with van der Waals surface area (Å²) in [7, 11) is 1.71. The van der Waals surface area contributed by atoms with E-state index in [2.05, 4.69) is 74.0 Å². The second-order valence-electron chi connectivity index (χ2n) is 9.51. The molecular formula is C28H32N3O. The fourth-order valence-electron chi connectivity index (χ4n) is 5.17. The van der Waals surface area contributed by atoms with Crippen molar-refractivity contribution in [1.29, 1.82) is 0 Å². The van der Waals surface area contributed by atoms with Gasteiger partial charge in [-0.1, -0.05) is 18.2 Å². The third kappa shape index (κ3) is 3.42. The molecular weight excluding hydrogens is 394 g/mol. The van der Waals surface area contributed by atoms with E-state index in [1.54, 1.807) is 7.11 Å². The molecule has 4 heteroatoms. The van der Waals surface area contributed by atoms with Crippen LogP contribution < -0.4 is 4.74 Å². The molecule has 1 fully saturated rings. The molecule has 1 N–H and O–H groups in total. The standard InChI is InChI=1S/C28H32N3O/c1-18-7-8-22(21-9-11-23(32-5)12-10-21)17-26(18)31-14-6-13-28(31,4)27-29-24-15-19(2)20(3)16-25(24)30-27/h7,9-12,15-16,22H,6,8,13-14H2,1-5H3,(H,29,30)/t22?,28-/m0/s1. The Labute approximate surface area is 191 Å². The van der Waals surface area contributed by atoms with Crippen LogP contribution in [0.3, 0.4) is 0 Å². The Morgan fingerprint density at radius 2 is 1.88 bits per heavy atom. The molecule has 4 nitrogen and oxygen atoms in total. The van der Waals surface area contributed by atoms with Crippen LogP contribution >= 0.6 is 0 Å². The lowest BCUT2D eigenvalue weighted by Crippen LogP contribution is -2.40. The summed E-state index contributed by atoms with van der Waals surface area (Å²) in [5.74, 6) is 2.21. The zero-order chi connectivity index (χ0) is 22.5. The van der Waals surface area contributed by atoms with Gasteiger partial charge in [-0.25, -0.2) is 4.98 Å². The Hall–Kier alpha value is -3.01. The van der Waals surface area contributed by atoms with Crippen molar-refractivity contribution in [2.45, 2.75) is 58.4 Å². The highest BCUT2D eigenvalue weighted by atomic mass is 16.5. The Balaban J connectivity index is 1.51. The van der Waals surface area contributed by atoms with E-state index >= 15 is 0 Å². The minimum atomic E-state index is -0.167. The number of ether oxygens (including phenoxy) is 1. The molecule has 0 saturated carbocycles. The van der Waals surface area contributed by atoms with Crippen LogP contribution in [0, 0.1) is 19.9 Å². The van der Waals surface area contributed by atoms with Crippen molar-refractivity contribution < 1.29 is 4.74 Å². The highest BCUT2D eigenvalue weighted by Crippen LogP contribution is 2.44. The number of nitrogens with one attached hydrogen (secondary N) is 1. The first-order valence-electron chi connectivity index (χ1n) is 11.6. The number of allylic oxidation sites excluding steroid dienone is 3. The summed E-state index contributed by atoms with van der Waals surface area (Å²) in [5.41, 5.74) is 8.42. The number of aromatic amines is 1. The van der Waals surface area contributed by atoms with E-state index in [0.717, 1.165) is 48.4 Å². The van der Waals surface area contributed by atoms with E-state index in [0.29, 0.717) is 0 Å². The van der Waals surface area contributed by atoms with Gasteiger partial charge >= 0.3 is 0 Å². The Kier molecular flexibility index (Phi) is 5.11. The number of aryl methyl sites for hydroxylation is 2. The van der Waals surface area contributed by atoms with Crippen LogP contribution in [0.5, 0.6) is 5.75 Å². The van der Waals surface area contributed by atoms with Gasteiger partial charge in [0.2, 0.25) is 0 Å². The lowest BCUT2D eigenvalue weighted by molar-refractivity contribution is 0.197. The number of benzene rings is 2. The van der Waals surface area contributed by atoms with Crippen LogP contribution in [0.4, 0.5) is 0 Å². The Morgan fingerprint density at radius 3 is 2.62 bits per heavy atom. The summed E-state index contributed by atoms with van der Waals surface area (Å²) >= 11 is 0. The molecule has 1 aliphatic carbocycles. The van der Waals surface area contributed by atoms with Crippen LogP contribution in [0.15, 0.2) is 53.7 Å². The second kappa shape index (κ2) is 7.84. The smallest absolute Gasteiger partial charge is 0.132 e. The van der Waals surface area contributed by atoms with Crippen molar-refractivity contribution >= 4 is 11.0 Å². The molecule has 3 aromatic rings. The topological polar surface area (TPSA) is 41.1 Å². The quantitative estimate of drug-likeness (QED) is 0.531. The maximum Gasteiger partial charge on any atom is 0.132 e. The average Bonchev–Trinajstić information content (AvgIpc) is 3.39. The molecule has 0 amide bonds. The van der Waals surface area contributed by atoms with Crippen LogP contribution in [-0.4, -0.2) is 28.5 Å². The largest absolute Gasteiger partial charge is 0.497 e. The van der Waals surface area contributed by atoms with Crippen LogP contribution in [0.1, 0.15) is 61.5 Å². The molecule has 0 bridgehead atoms. The van der Waals surface area contributed by atoms with E-state index in [1.165, 1.54) is 28.0 Å². The van der Waals surface area contributed by atoms with Gasteiger partial charge in [-0.05, 0) is 99.6 Å². The van der Waals surface area contributed by atoms with Crippen LogP contribution in [-0.2, 0) is 5.54 Å². The molecule has 1 saturated heterocycles. The molecule has 1 aromatic heterocycles. The van der Waals surface area contributed by atoms with Gasteiger partial charge in [0, 0.05) is 18.2 Å². The number of rotatable bonds is 4. The van der Waals surface area contributed by atoms with Crippen molar-refractivity contribution in [3.8, 4) is 5.75 Å². The number of nitrogens with zero attached hydrogens (tertiary/aromatic N) is 2. The summed E-state index contributed by atoms with van der Waals surface area (Å²) < 4.78 is 5.34. The van der Waals surface area contributed by atoms with Gasteiger partial charge in [0.15, 0.2) is 0 Å². The Bertz CT molecular complexity index is 1180. The maximum absolute atomic E-state index is 5.34. The number of methoxy groups -OCH3 is 1. The predicted molar refractivity (Wildman–Crippen MR) is 130 cm³/mol. The number of hydrogen-bond donors (Lipinski definition) is 1. The van der Waals surface area contributed by atoms with Crippen molar-refractivity contribution in [2.24, 2.45) is 0 Å². The monoisotopic (exact) mass is 426 g/mol.